The van der Waals surface area contributed by atoms with Crippen molar-refractivity contribution in [3.8, 4) is 0 Å². The van der Waals surface area contributed by atoms with Crippen molar-refractivity contribution in [2.24, 2.45) is 5.92 Å². The van der Waals surface area contributed by atoms with Gasteiger partial charge >= 0.3 is 0 Å². The molecule has 1 aliphatic heterocycles. The SMILES string of the molecule is CC[C@@H](C)CNC1CCN(C)CC1. The Morgan fingerprint density at radius 3 is 2.54 bits per heavy atom. The molecule has 0 saturated carbocycles. The van der Waals surface area contributed by atoms with E-state index >= 15 is 0 Å². The molecule has 0 aliphatic carbocycles. The Kier molecular flexibility index (Phi) is 4.74. The molecule has 0 bridgehead atoms. The van der Waals surface area contributed by atoms with Gasteiger partial charge in [0.05, 0.1) is 0 Å². The van der Waals surface area contributed by atoms with E-state index in [-0.39, 0.29) is 0 Å². The lowest BCUT2D eigenvalue weighted by atomic mass is 10.0. The number of likely N-dealkylation sites (tertiary alicyclic amines) is 1. The zero-order chi connectivity index (χ0) is 9.68. The van der Waals surface area contributed by atoms with E-state index in [1.54, 1.807) is 0 Å². The molecular formula is C11H24N2. The van der Waals surface area contributed by atoms with Gasteiger partial charge in [0.15, 0.2) is 0 Å². The number of hydrogen-bond donors (Lipinski definition) is 1. The van der Waals surface area contributed by atoms with Crippen LogP contribution in [0.1, 0.15) is 33.1 Å². The molecule has 13 heavy (non-hydrogen) atoms. The number of nitrogens with zero attached hydrogens (tertiary/aromatic N) is 1. The van der Waals surface area contributed by atoms with Crippen molar-refractivity contribution in [3.63, 3.8) is 0 Å². The molecule has 1 N–H and O–H groups in total. The van der Waals surface area contributed by atoms with Gasteiger partial charge in [-0.3, -0.25) is 0 Å². The van der Waals surface area contributed by atoms with Gasteiger partial charge < -0.3 is 10.2 Å². The Labute approximate surface area is 82.7 Å². The molecule has 0 aromatic heterocycles. The van der Waals surface area contributed by atoms with Gasteiger partial charge in [-0.25, -0.2) is 0 Å². The minimum atomic E-state index is 0.783. The number of hydrogen-bond acceptors (Lipinski definition) is 2. The van der Waals surface area contributed by atoms with Gasteiger partial charge in [-0.05, 0) is 45.4 Å². The highest BCUT2D eigenvalue weighted by Crippen LogP contribution is 2.09. The second kappa shape index (κ2) is 5.61. The summed E-state index contributed by atoms with van der Waals surface area (Å²) >= 11 is 0. The van der Waals surface area contributed by atoms with Gasteiger partial charge in [-0.1, -0.05) is 20.3 Å². The Hall–Kier alpha value is -0.0800. The third-order valence-corrected chi connectivity index (χ3v) is 3.17. The van der Waals surface area contributed by atoms with E-state index in [1.807, 2.05) is 0 Å². The first-order valence-corrected chi connectivity index (χ1v) is 5.64. The van der Waals surface area contributed by atoms with Gasteiger partial charge in [0.1, 0.15) is 0 Å². The van der Waals surface area contributed by atoms with E-state index < -0.39 is 0 Å². The summed E-state index contributed by atoms with van der Waals surface area (Å²) in [5.74, 6) is 0.833. The second-order valence-corrected chi connectivity index (χ2v) is 4.50. The van der Waals surface area contributed by atoms with E-state index in [4.69, 9.17) is 0 Å². The molecule has 78 valence electrons. The molecule has 2 nitrogen and oxygen atoms in total. The maximum atomic E-state index is 3.67. The number of nitrogens with one attached hydrogen (secondary N) is 1. The van der Waals surface area contributed by atoms with Crippen molar-refractivity contribution >= 4 is 0 Å². The largest absolute Gasteiger partial charge is 0.314 e. The fraction of sp³-hybridized carbons (Fsp3) is 1.00. The molecular weight excluding hydrogens is 160 g/mol. The molecule has 0 aromatic rings. The first-order valence-electron chi connectivity index (χ1n) is 5.64. The average molecular weight is 184 g/mol. The normalized spacial score (nSPS) is 23.3. The molecule has 0 aromatic carbocycles. The monoisotopic (exact) mass is 184 g/mol. The van der Waals surface area contributed by atoms with Crippen molar-refractivity contribution < 1.29 is 0 Å². The average Bonchev–Trinajstić information content (AvgIpc) is 2.16. The molecule has 0 spiro atoms. The van der Waals surface area contributed by atoms with Crippen LogP contribution < -0.4 is 5.32 Å². The fourth-order valence-corrected chi connectivity index (χ4v) is 1.72. The van der Waals surface area contributed by atoms with Crippen LogP contribution in [-0.2, 0) is 0 Å². The first-order chi connectivity index (χ1) is 6.22. The van der Waals surface area contributed by atoms with Crippen LogP contribution in [0.3, 0.4) is 0 Å². The minimum absolute atomic E-state index is 0.783. The van der Waals surface area contributed by atoms with Gasteiger partial charge in [-0.15, -0.1) is 0 Å². The summed E-state index contributed by atoms with van der Waals surface area (Å²) in [4.78, 5) is 2.42. The summed E-state index contributed by atoms with van der Waals surface area (Å²) in [6.45, 7) is 8.31. The van der Waals surface area contributed by atoms with Crippen LogP contribution in [0.5, 0.6) is 0 Å². The number of rotatable bonds is 4. The van der Waals surface area contributed by atoms with E-state index in [9.17, 15) is 0 Å². The summed E-state index contributed by atoms with van der Waals surface area (Å²) in [7, 11) is 2.21. The fourth-order valence-electron chi connectivity index (χ4n) is 1.72. The van der Waals surface area contributed by atoms with Crippen LogP contribution in [-0.4, -0.2) is 37.6 Å². The summed E-state index contributed by atoms with van der Waals surface area (Å²) in [6, 6.07) is 0.783. The highest BCUT2D eigenvalue weighted by atomic mass is 15.1. The van der Waals surface area contributed by atoms with Crippen LogP contribution >= 0.6 is 0 Å². The molecule has 1 saturated heterocycles. The van der Waals surface area contributed by atoms with Crippen LogP contribution in [0.4, 0.5) is 0 Å². The summed E-state index contributed by atoms with van der Waals surface area (Å²) in [5.41, 5.74) is 0. The molecule has 0 amide bonds. The van der Waals surface area contributed by atoms with E-state index in [0.29, 0.717) is 0 Å². The Morgan fingerprint density at radius 2 is 2.00 bits per heavy atom. The van der Waals surface area contributed by atoms with Gasteiger partial charge in [-0.2, -0.15) is 0 Å². The minimum Gasteiger partial charge on any atom is -0.314 e. The lowest BCUT2D eigenvalue weighted by Gasteiger charge is -2.30. The maximum absolute atomic E-state index is 3.67. The maximum Gasteiger partial charge on any atom is 0.00915 e. The number of piperidine rings is 1. The zero-order valence-corrected chi connectivity index (χ0v) is 9.34. The van der Waals surface area contributed by atoms with Crippen LogP contribution in [0.25, 0.3) is 0 Å². The van der Waals surface area contributed by atoms with Crippen molar-refractivity contribution in [1.29, 1.82) is 0 Å². The Balaban J connectivity index is 2.08. The molecule has 1 rings (SSSR count). The molecule has 1 aliphatic rings. The first kappa shape index (κ1) is 11.0. The lowest BCUT2D eigenvalue weighted by Crippen LogP contribution is -2.42. The standard InChI is InChI=1S/C11H24N2/c1-4-10(2)9-12-11-5-7-13(3)8-6-11/h10-12H,4-9H2,1-3H3/t10-/m1/s1. The summed E-state index contributed by atoms with van der Waals surface area (Å²) in [5, 5.41) is 3.67. The van der Waals surface area contributed by atoms with Crippen molar-refractivity contribution in [3.05, 3.63) is 0 Å². The lowest BCUT2D eigenvalue weighted by molar-refractivity contribution is 0.230. The Bertz CT molecular complexity index is 128. The van der Waals surface area contributed by atoms with Crippen molar-refractivity contribution in [1.82, 2.24) is 10.2 Å². The van der Waals surface area contributed by atoms with Crippen molar-refractivity contribution in [2.45, 2.75) is 39.2 Å². The predicted octanol–water partition coefficient (Wildman–Crippen LogP) is 1.72. The van der Waals surface area contributed by atoms with E-state index in [0.717, 1.165) is 12.0 Å². The molecule has 1 heterocycles. The summed E-state index contributed by atoms with van der Waals surface area (Å²) < 4.78 is 0. The van der Waals surface area contributed by atoms with Crippen LogP contribution in [0.15, 0.2) is 0 Å². The molecule has 1 fully saturated rings. The molecule has 0 radical (unpaired) electrons. The highest BCUT2D eigenvalue weighted by molar-refractivity contribution is 4.75. The van der Waals surface area contributed by atoms with Crippen molar-refractivity contribution in [2.75, 3.05) is 26.7 Å². The molecule has 1 atom stereocenters. The van der Waals surface area contributed by atoms with Gasteiger partial charge in [0.25, 0.3) is 0 Å². The zero-order valence-electron chi connectivity index (χ0n) is 9.34. The van der Waals surface area contributed by atoms with Gasteiger partial charge in [0.2, 0.25) is 0 Å². The van der Waals surface area contributed by atoms with E-state index in [2.05, 4.69) is 31.1 Å². The quantitative estimate of drug-likeness (QED) is 0.715. The predicted molar refractivity (Wildman–Crippen MR) is 58.0 cm³/mol. The van der Waals surface area contributed by atoms with Crippen LogP contribution in [0, 0.1) is 5.92 Å². The van der Waals surface area contributed by atoms with Crippen LogP contribution in [0.2, 0.25) is 0 Å². The smallest absolute Gasteiger partial charge is 0.00915 e. The van der Waals surface area contributed by atoms with E-state index in [1.165, 1.54) is 38.9 Å². The topological polar surface area (TPSA) is 15.3 Å². The third kappa shape index (κ3) is 4.10. The van der Waals surface area contributed by atoms with Gasteiger partial charge in [0, 0.05) is 6.04 Å². The Morgan fingerprint density at radius 1 is 1.38 bits per heavy atom. The second-order valence-electron chi connectivity index (χ2n) is 4.50. The molecule has 0 unspecified atom stereocenters. The highest BCUT2D eigenvalue weighted by Gasteiger charge is 2.15. The summed E-state index contributed by atoms with van der Waals surface area (Å²) in [6.07, 6.45) is 3.94. The molecule has 2 heteroatoms. The third-order valence-electron chi connectivity index (χ3n) is 3.17.